The molecule has 176 valence electrons. The van der Waals surface area contributed by atoms with Crippen LogP contribution in [0, 0.1) is 6.92 Å². The van der Waals surface area contributed by atoms with Crippen molar-refractivity contribution < 1.29 is 9.47 Å². The molecule has 0 aliphatic carbocycles. The number of aromatic amines is 1. The fraction of sp³-hybridized carbons (Fsp3) is 0.333. The van der Waals surface area contributed by atoms with Gasteiger partial charge in [-0.3, -0.25) is 9.89 Å². The van der Waals surface area contributed by atoms with Crippen LogP contribution in [0.4, 0.5) is 5.69 Å². The maximum absolute atomic E-state index is 13.9. The van der Waals surface area contributed by atoms with Crippen LogP contribution in [0.1, 0.15) is 42.2 Å². The van der Waals surface area contributed by atoms with Crippen molar-refractivity contribution >= 4 is 11.3 Å². The van der Waals surface area contributed by atoms with E-state index in [0.717, 1.165) is 54.2 Å². The molecule has 0 bridgehead atoms. The van der Waals surface area contributed by atoms with Gasteiger partial charge >= 0.3 is 0 Å². The van der Waals surface area contributed by atoms with Gasteiger partial charge in [0.05, 0.1) is 24.1 Å². The van der Waals surface area contributed by atoms with Gasteiger partial charge in [0.1, 0.15) is 17.5 Å². The first-order chi connectivity index (χ1) is 16.6. The van der Waals surface area contributed by atoms with E-state index in [2.05, 4.69) is 22.1 Å². The minimum Gasteiger partial charge on any atom is -0.497 e. The van der Waals surface area contributed by atoms with Crippen molar-refractivity contribution in [3.63, 3.8) is 0 Å². The summed E-state index contributed by atoms with van der Waals surface area (Å²) >= 11 is 0. The van der Waals surface area contributed by atoms with Crippen LogP contribution >= 0.6 is 0 Å². The van der Waals surface area contributed by atoms with E-state index < -0.39 is 6.10 Å². The van der Waals surface area contributed by atoms with Gasteiger partial charge in [0.25, 0.3) is 5.56 Å². The van der Waals surface area contributed by atoms with Crippen LogP contribution in [0.25, 0.3) is 16.9 Å². The lowest BCUT2D eigenvalue weighted by atomic mass is 10.0. The number of methoxy groups -OCH3 is 2. The van der Waals surface area contributed by atoms with E-state index >= 15 is 0 Å². The molecule has 1 unspecified atom stereocenters. The number of H-pyrrole nitrogens is 1. The maximum atomic E-state index is 13.9. The van der Waals surface area contributed by atoms with Gasteiger partial charge in [-0.05, 0) is 43.9 Å². The first-order valence-corrected chi connectivity index (χ1v) is 11.7. The fourth-order valence-corrected chi connectivity index (χ4v) is 4.90. The van der Waals surface area contributed by atoms with Crippen molar-refractivity contribution in [2.75, 3.05) is 32.2 Å². The summed E-state index contributed by atoms with van der Waals surface area (Å²) in [4.78, 5) is 21.2. The SMILES string of the molecule is COc1ccc(C(OC)c2c(C)nc3c(N4CCCCC4)c(-c4ccccc4)[nH]n3c2=O)cc1. The number of hydrogen-bond acceptors (Lipinski definition) is 5. The minimum absolute atomic E-state index is 0.148. The summed E-state index contributed by atoms with van der Waals surface area (Å²) < 4.78 is 12.7. The molecule has 1 N–H and O–H groups in total. The second-order valence-electron chi connectivity index (χ2n) is 8.71. The summed E-state index contributed by atoms with van der Waals surface area (Å²) in [5.41, 5.74) is 5.53. The summed E-state index contributed by atoms with van der Waals surface area (Å²) in [6, 6.07) is 17.7. The molecule has 4 aromatic rings. The molecule has 2 aromatic heterocycles. The molecule has 7 heteroatoms. The Labute approximate surface area is 198 Å². The number of rotatable bonds is 6. The third-order valence-electron chi connectivity index (χ3n) is 6.63. The van der Waals surface area contributed by atoms with Crippen molar-refractivity contribution in [3.8, 4) is 17.0 Å². The summed E-state index contributed by atoms with van der Waals surface area (Å²) in [7, 11) is 3.25. The molecule has 0 amide bonds. The smallest absolute Gasteiger partial charge is 0.279 e. The monoisotopic (exact) mass is 458 g/mol. The highest BCUT2D eigenvalue weighted by molar-refractivity contribution is 5.86. The van der Waals surface area contributed by atoms with Crippen molar-refractivity contribution in [1.29, 1.82) is 0 Å². The van der Waals surface area contributed by atoms with Crippen LogP contribution in [0.5, 0.6) is 5.75 Å². The number of hydrogen-bond donors (Lipinski definition) is 1. The van der Waals surface area contributed by atoms with Crippen molar-refractivity contribution in [1.82, 2.24) is 14.6 Å². The van der Waals surface area contributed by atoms with Crippen LogP contribution in [0.15, 0.2) is 59.4 Å². The van der Waals surface area contributed by atoms with E-state index in [-0.39, 0.29) is 5.56 Å². The lowest BCUT2D eigenvalue weighted by Crippen LogP contribution is -2.30. The first kappa shape index (κ1) is 22.2. The van der Waals surface area contributed by atoms with E-state index in [1.54, 1.807) is 18.7 Å². The normalized spacial score (nSPS) is 15.0. The van der Waals surface area contributed by atoms with E-state index in [1.165, 1.54) is 6.42 Å². The molecule has 0 spiro atoms. The molecule has 34 heavy (non-hydrogen) atoms. The molecule has 3 heterocycles. The van der Waals surface area contributed by atoms with E-state index in [9.17, 15) is 4.79 Å². The topological polar surface area (TPSA) is 71.9 Å². The Morgan fingerprint density at radius 3 is 2.32 bits per heavy atom. The van der Waals surface area contributed by atoms with Gasteiger partial charge in [0.2, 0.25) is 0 Å². The zero-order chi connectivity index (χ0) is 23.7. The summed E-state index contributed by atoms with van der Waals surface area (Å²) in [6.45, 7) is 3.80. The van der Waals surface area contributed by atoms with Crippen LogP contribution < -0.4 is 15.2 Å². The molecule has 0 saturated carbocycles. The standard InChI is InChI=1S/C27H30N4O3/c1-18-22(25(34-3)20-12-14-21(33-2)15-13-20)27(32)31-26(28-18)24(30-16-8-5-9-17-30)23(29-31)19-10-6-4-7-11-19/h4,6-7,10-15,25,29H,5,8-9,16-17H2,1-3H3. The number of piperidine rings is 1. The third-order valence-corrected chi connectivity index (χ3v) is 6.63. The number of nitrogens with one attached hydrogen (secondary N) is 1. The van der Waals surface area contributed by atoms with E-state index in [1.807, 2.05) is 49.4 Å². The number of ether oxygens (including phenoxy) is 2. The van der Waals surface area contributed by atoms with Crippen LogP contribution in [0.2, 0.25) is 0 Å². The molecule has 2 aromatic carbocycles. The lowest BCUT2D eigenvalue weighted by Gasteiger charge is -2.28. The molecular formula is C27H30N4O3. The van der Waals surface area contributed by atoms with Gasteiger partial charge < -0.3 is 14.4 Å². The Kier molecular flexibility index (Phi) is 6.11. The highest BCUT2D eigenvalue weighted by atomic mass is 16.5. The minimum atomic E-state index is -0.537. The van der Waals surface area contributed by atoms with Crippen LogP contribution in [0.3, 0.4) is 0 Å². The Hall–Kier alpha value is -3.58. The van der Waals surface area contributed by atoms with Gasteiger partial charge in [-0.1, -0.05) is 42.5 Å². The highest BCUT2D eigenvalue weighted by Gasteiger charge is 2.27. The number of fused-ring (bicyclic) bond motifs is 1. The van der Waals surface area contributed by atoms with Crippen LogP contribution in [-0.2, 0) is 4.74 Å². The summed E-state index contributed by atoms with van der Waals surface area (Å²) in [5, 5.41) is 3.39. The Bertz CT molecular complexity index is 1340. The molecule has 5 rings (SSSR count). The van der Waals surface area contributed by atoms with E-state index in [0.29, 0.717) is 16.9 Å². The predicted molar refractivity (Wildman–Crippen MR) is 134 cm³/mol. The Balaban J connectivity index is 1.71. The molecule has 1 saturated heterocycles. The van der Waals surface area contributed by atoms with E-state index in [4.69, 9.17) is 14.5 Å². The largest absolute Gasteiger partial charge is 0.497 e. The number of benzene rings is 2. The summed E-state index contributed by atoms with van der Waals surface area (Å²) in [6.07, 6.45) is 2.96. The number of anilines is 1. The molecular weight excluding hydrogens is 428 g/mol. The van der Waals surface area contributed by atoms with Gasteiger partial charge in [-0.2, -0.15) is 4.52 Å². The van der Waals surface area contributed by atoms with Crippen molar-refractivity contribution in [2.45, 2.75) is 32.3 Å². The van der Waals surface area contributed by atoms with Crippen LogP contribution in [-0.4, -0.2) is 41.9 Å². The number of nitrogens with zero attached hydrogens (tertiary/aromatic N) is 3. The van der Waals surface area contributed by atoms with Gasteiger partial charge in [0.15, 0.2) is 5.65 Å². The van der Waals surface area contributed by atoms with Crippen molar-refractivity contribution in [2.24, 2.45) is 0 Å². The average Bonchev–Trinajstić information content (AvgIpc) is 3.27. The second-order valence-corrected chi connectivity index (χ2v) is 8.71. The highest BCUT2D eigenvalue weighted by Crippen LogP contribution is 2.35. The Morgan fingerprint density at radius 1 is 0.971 bits per heavy atom. The number of aromatic nitrogens is 3. The van der Waals surface area contributed by atoms with Gasteiger partial charge in [-0.15, -0.1) is 0 Å². The third kappa shape index (κ3) is 3.86. The van der Waals surface area contributed by atoms with Gasteiger partial charge in [-0.25, -0.2) is 4.98 Å². The second kappa shape index (κ2) is 9.35. The first-order valence-electron chi connectivity index (χ1n) is 11.7. The zero-order valence-electron chi connectivity index (χ0n) is 19.9. The zero-order valence-corrected chi connectivity index (χ0v) is 19.9. The predicted octanol–water partition coefficient (Wildman–Crippen LogP) is 4.73. The Morgan fingerprint density at radius 2 is 1.68 bits per heavy atom. The number of aryl methyl sites for hydroxylation is 1. The van der Waals surface area contributed by atoms with Crippen molar-refractivity contribution in [3.05, 3.63) is 81.8 Å². The summed E-state index contributed by atoms with van der Waals surface area (Å²) in [5.74, 6) is 0.753. The lowest BCUT2D eigenvalue weighted by molar-refractivity contribution is 0.134. The van der Waals surface area contributed by atoms with Gasteiger partial charge in [0, 0.05) is 25.8 Å². The quantitative estimate of drug-likeness (QED) is 0.452. The fourth-order valence-electron chi connectivity index (χ4n) is 4.90. The molecule has 1 aliphatic rings. The molecule has 1 fully saturated rings. The molecule has 0 radical (unpaired) electrons. The maximum Gasteiger partial charge on any atom is 0.279 e. The molecule has 7 nitrogen and oxygen atoms in total. The molecule has 1 atom stereocenters. The average molecular weight is 459 g/mol. The molecule has 1 aliphatic heterocycles.